The van der Waals surface area contributed by atoms with Crippen LogP contribution >= 0.6 is 11.3 Å². The predicted molar refractivity (Wildman–Crippen MR) is 71.8 cm³/mol. The van der Waals surface area contributed by atoms with Gasteiger partial charge in [-0.15, -0.1) is 11.3 Å². The fraction of sp³-hybridized carbons (Fsp3) is 0.692. The minimum absolute atomic E-state index is 0.248. The van der Waals surface area contributed by atoms with Gasteiger partial charge in [0.25, 0.3) is 0 Å². The van der Waals surface area contributed by atoms with Crippen LogP contribution in [0.25, 0.3) is 0 Å². The molecular formula is C13H21NO3S. The van der Waals surface area contributed by atoms with Gasteiger partial charge in [0.1, 0.15) is 0 Å². The van der Waals surface area contributed by atoms with Crippen molar-refractivity contribution in [3.8, 4) is 0 Å². The number of aliphatic hydroxyl groups excluding tert-OH is 1. The molecule has 0 spiro atoms. The molecule has 2 heterocycles. The highest BCUT2D eigenvalue weighted by molar-refractivity contribution is 7.09. The summed E-state index contributed by atoms with van der Waals surface area (Å²) in [6, 6.07) is 4.04. The molecule has 5 heteroatoms. The molecule has 0 radical (unpaired) electrons. The molecule has 0 saturated carbocycles. The van der Waals surface area contributed by atoms with E-state index >= 15 is 0 Å². The van der Waals surface area contributed by atoms with Crippen molar-refractivity contribution < 1.29 is 14.6 Å². The molecule has 0 aromatic carbocycles. The Morgan fingerprint density at radius 2 is 2.44 bits per heavy atom. The Morgan fingerprint density at radius 3 is 3.06 bits per heavy atom. The summed E-state index contributed by atoms with van der Waals surface area (Å²) in [5.74, 6) is 0. The Bertz CT molecular complexity index is 338. The Balaban J connectivity index is 1.51. The second-order valence-corrected chi connectivity index (χ2v) is 6.21. The van der Waals surface area contributed by atoms with E-state index in [1.54, 1.807) is 11.3 Å². The lowest BCUT2D eigenvalue weighted by atomic mass is 9.89. The van der Waals surface area contributed by atoms with Gasteiger partial charge in [0, 0.05) is 23.4 Å². The summed E-state index contributed by atoms with van der Waals surface area (Å²) in [7, 11) is 0. The molecule has 1 aromatic heterocycles. The molecule has 18 heavy (non-hydrogen) atoms. The van der Waals surface area contributed by atoms with Crippen LogP contribution in [0.15, 0.2) is 17.5 Å². The molecule has 4 nitrogen and oxygen atoms in total. The van der Waals surface area contributed by atoms with Crippen molar-refractivity contribution in [1.29, 1.82) is 0 Å². The highest BCUT2D eigenvalue weighted by Crippen LogP contribution is 2.24. The Hall–Kier alpha value is -0.460. The first-order valence-electron chi connectivity index (χ1n) is 6.25. The number of thiophene rings is 1. The molecule has 2 N–H and O–H groups in total. The Kier molecular flexibility index (Phi) is 5.14. The molecule has 1 aliphatic rings. The molecule has 1 aliphatic heterocycles. The lowest BCUT2D eigenvalue weighted by molar-refractivity contribution is -0.100. The molecule has 0 aliphatic carbocycles. The predicted octanol–water partition coefficient (Wildman–Crippen LogP) is 1.25. The van der Waals surface area contributed by atoms with Crippen LogP contribution in [0, 0.1) is 5.41 Å². The van der Waals surface area contributed by atoms with Gasteiger partial charge in [-0.3, -0.25) is 0 Å². The standard InChI is InChI=1S/C13H21NO3S/c1-13(9-17-10-13)8-14-5-11(15)6-16-7-12-3-2-4-18-12/h2-4,11,14-15H,5-10H2,1H3. The second-order valence-electron chi connectivity index (χ2n) is 5.18. The molecular weight excluding hydrogens is 250 g/mol. The first-order chi connectivity index (χ1) is 8.68. The zero-order valence-electron chi connectivity index (χ0n) is 10.7. The number of hydrogen-bond acceptors (Lipinski definition) is 5. The van der Waals surface area contributed by atoms with Gasteiger partial charge in [0.05, 0.1) is 32.5 Å². The van der Waals surface area contributed by atoms with E-state index in [9.17, 15) is 5.11 Å². The van der Waals surface area contributed by atoms with E-state index < -0.39 is 6.10 Å². The fourth-order valence-corrected chi connectivity index (χ4v) is 2.48. The monoisotopic (exact) mass is 271 g/mol. The third kappa shape index (κ3) is 4.33. The van der Waals surface area contributed by atoms with E-state index in [1.165, 1.54) is 4.88 Å². The summed E-state index contributed by atoms with van der Waals surface area (Å²) in [5, 5.41) is 15.0. The van der Waals surface area contributed by atoms with Crippen LogP contribution in [0.1, 0.15) is 11.8 Å². The van der Waals surface area contributed by atoms with Crippen LogP contribution in [-0.2, 0) is 16.1 Å². The van der Waals surface area contributed by atoms with Gasteiger partial charge < -0.3 is 19.9 Å². The summed E-state index contributed by atoms with van der Waals surface area (Å²) < 4.78 is 10.6. The smallest absolute Gasteiger partial charge is 0.0897 e. The van der Waals surface area contributed by atoms with Gasteiger partial charge in [0.15, 0.2) is 0 Å². The van der Waals surface area contributed by atoms with Gasteiger partial charge in [-0.05, 0) is 11.4 Å². The zero-order valence-corrected chi connectivity index (χ0v) is 11.5. The average molecular weight is 271 g/mol. The minimum atomic E-state index is -0.449. The fourth-order valence-electron chi connectivity index (χ4n) is 1.84. The number of aliphatic hydroxyl groups is 1. The number of rotatable bonds is 8. The van der Waals surface area contributed by atoms with Crippen LogP contribution in [0.5, 0.6) is 0 Å². The van der Waals surface area contributed by atoms with Gasteiger partial charge >= 0.3 is 0 Å². The zero-order chi connectivity index (χ0) is 12.8. The van der Waals surface area contributed by atoms with E-state index in [-0.39, 0.29) is 5.41 Å². The van der Waals surface area contributed by atoms with Crippen molar-refractivity contribution in [3.63, 3.8) is 0 Å². The van der Waals surface area contributed by atoms with Crippen LogP contribution in [0.4, 0.5) is 0 Å². The molecule has 0 amide bonds. The number of ether oxygens (including phenoxy) is 2. The highest BCUT2D eigenvalue weighted by atomic mass is 32.1. The summed E-state index contributed by atoms with van der Waals surface area (Å²) in [6.07, 6.45) is -0.449. The maximum Gasteiger partial charge on any atom is 0.0897 e. The lowest BCUT2D eigenvalue weighted by Crippen LogP contribution is -2.48. The largest absolute Gasteiger partial charge is 0.389 e. The minimum Gasteiger partial charge on any atom is -0.389 e. The summed E-state index contributed by atoms with van der Waals surface area (Å²) in [6.45, 7) is 6.21. The van der Waals surface area contributed by atoms with Crippen molar-refractivity contribution in [2.24, 2.45) is 5.41 Å². The van der Waals surface area contributed by atoms with E-state index in [0.29, 0.717) is 19.8 Å². The lowest BCUT2D eigenvalue weighted by Gasteiger charge is -2.38. The second kappa shape index (κ2) is 6.63. The topological polar surface area (TPSA) is 50.7 Å². The SMILES string of the molecule is CC1(CNCC(O)COCc2cccs2)COC1. The first-order valence-corrected chi connectivity index (χ1v) is 7.13. The highest BCUT2D eigenvalue weighted by Gasteiger charge is 2.32. The Morgan fingerprint density at radius 1 is 1.61 bits per heavy atom. The van der Waals surface area contributed by atoms with Crippen molar-refractivity contribution in [2.75, 3.05) is 32.9 Å². The summed E-state index contributed by atoms with van der Waals surface area (Å²) >= 11 is 1.67. The van der Waals surface area contributed by atoms with Gasteiger partial charge in [0.2, 0.25) is 0 Å². The van der Waals surface area contributed by atoms with Gasteiger partial charge in [-0.2, -0.15) is 0 Å². The van der Waals surface area contributed by atoms with E-state index in [4.69, 9.17) is 9.47 Å². The van der Waals surface area contributed by atoms with Crippen LogP contribution in [-0.4, -0.2) is 44.1 Å². The van der Waals surface area contributed by atoms with Crippen molar-refractivity contribution in [1.82, 2.24) is 5.32 Å². The molecule has 0 bridgehead atoms. The molecule has 1 atom stereocenters. The third-order valence-corrected chi connectivity index (χ3v) is 3.82. The van der Waals surface area contributed by atoms with Crippen molar-refractivity contribution in [2.45, 2.75) is 19.6 Å². The van der Waals surface area contributed by atoms with Crippen molar-refractivity contribution in [3.05, 3.63) is 22.4 Å². The van der Waals surface area contributed by atoms with Crippen molar-refractivity contribution >= 4 is 11.3 Å². The summed E-state index contributed by atoms with van der Waals surface area (Å²) in [5.41, 5.74) is 0.248. The number of nitrogens with one attached hydrogen (secondary N) is 1. The quantitative estimate of drug-likeness (QED) is 0.747. The Labute approximate surface area is 112 Å². The molecule has 1 fully saturated rings. The summed E-state index contributed by atoms with van der Waals surface area (Å²) in [4.78, 5) is 1.19. The van der Waals surface area contributed by atoms with E-state index in [1.807, 2.05) is 17.5 Å². The average Bonchev–Trinajstić information content (AvgIpc) is 2.80. The molecule has 1 aromatic rings. The third-order valence-electron chi connectivity index (χ3n) is 2.97. The number of hydrogen-bond donors (Lipinski definition) is 2. The maximum absolute atomic E-state index is 9.75. The van der Waals surface area contributed by atoms with E-state index in [2.05, 4.69) is 12.2 Å². The maximum atomic E-state index is 9.75. The van der Waals surface area contributed by atoms with Crippen LogP contribution < -0.4 is 5.32 Å². The van der Waals surface area contributed by atoms with E-state index in [0.717, 1.165) is 19.8 Å². The molecule has 1 saturated heterocycles. The van der Waals surface area contributed by atoms with Gasteiger partial charge in [-0.25, -0.2) is 0 Å². The molecule has 2 rings (SSSR count). The first kappa shape index (κ1) is 14.0. The molecule has 102 valence electrons. The molecule has 1 unspecified atom stereocenters. The van der Waals surface area contributed by atoms with Gasteiger partial charge in [-0.1, -0.05) is 13.0 Å². The van der Waals surface area contributed by atoms with Crippen LogP contribution in [0.2, 0.25) is 0 Å². The van der Waals surface area contributed by atoms with Crippen LogP contribution in [0.3, 0.4) is 0 Å². The normalized spacial score (nSPS) is 19.4.